The zero-order valence-corrected chi connectivity index (χ0v) is 12.9. The minimum absolute atomic E-state index is 0.149. The van der Waals surface area contributed by atoms with Gasteiger partial charge >= 0.3 is 0 Å². The van der Waals surface area contributed by atoms with Crippen LogP contribution < -0.4 is 10.6 Å². The predicted octanol–water partition coefficient (Wildman–Crippen LogP) is 2.32. The molecule has 4 nitrogen and oxygen atoms in total. The van der Waals surface area contributed by atoms with Gasteiger partial charge in [-0.2, -0.15) is 16.4 Å². The molecule has 0 spiro atoms. The van der Waals surface area contributed by atoms with Gasteiger partial charge in [0.15, 0.2) is 0 Å². The summed E-state index contributed by atoms with van der Waals surface area (Å²) in [7, 11) is 4.11. The lowest BCUT2D eigenvalue weighted by molar-refractivity contribution is 0.715. The number of thiophene rings is 1. The lowest BCUT2D eigenvalue weighted by Gasteiger charge is -2.21. The molecule has 0 aliphatic heterocycles. The molecule has 0 fully saturated rings. The topological polar surface area (TPSA) is 47.1 Å². The van der Waals surface area contributed by atoms with Crippen molar-refractivity contribution in [2.24, 2.45) is 12.8 Å². The number of aryl methyl sites for hydroxylation is 2. The van der Waals surface area contributed by atoms with Gasteiger partial charge < -0.3 is 10.6 Å². The fraction of sp³-hybridized carbons (Fsp3) is 0.500. The highest BCUT2D eigenvalue weighted by Crippen LogP contribution is 2.25. The molecule has 0 radical (unpaired) electrons. The predicted molar refractivity (Wildman–Crippen MR) is 81.7 cm³/mol. The summed E-state index contributed by atoms with van der Waals surface area (Å²) in [5, 5.41) is 8.83. The van der Waals surface area contributed by atoms with Crippen molar-refractivity contribution in [3.63, 3.8) is 0 Å². The summed E-state index contributed by atoms with van der Waals surface area (Å²) in [5.41, 5.74) is 9.62. The standard InChI is InChI=1S/C14H22N4S/c1-10(15)7-13-11(2)16-18(4)14(13)17(3)8-12-5-6-19-9-12/h5-6,9-10H,7-8,15H2,1-4H3. The van der Waals surface area contributed by atoms with Crippen LogP contribution in [-0.4, -0.2) is 22.9 Å². The van der Waals surface area contributed by atoms with E-state index in [1.165, 1.54) is 16.9 Å². The molecule has 1 unspecified atom stereocenters. The lowest BCUT2D eigenvalue weighted by atomic mass is 10.1. The molecule has 5 heteroatoms. The van der Waals surface area contributed by atoms with Crippen LogP contribution in [0.4, 0.5) is 5.82 Å². The Kier molecular flexibility index (Phi) is 4.27. The van der Waals surface area contributed by atoms with Gasteiger partial charge in [-0.1, -0.05) is 0 Å². The number of aromatic nitrogens is 2. The monoisotopic (exact) mass is 278 g/mol. The Balaban J connectivity index is 2.27. The van der Waals surface area contributed by atoms with Crippen LogP contribution in [0, 0.1) is 6.92 Å². The summed E-state index contributed by atoms with van der Waals surface area (Å²) >= 11 is 1.73. The summed E-state index contributed by atoms with van der Waals surface area (Å²) in [6.45, 7) is 4.99. The lowest BCUT2D eigenvalue weighted by Crippen LogP contribution is -2.23. The molecular formula is C14H22N4S. The third-order valence-electron chi connectivity index (χ3n) is 3.20. The summed E-state index contributed by atoms with van der Waals surface area (Å²) in [4.78, 5) is 2.25. The Bertz CT molecular complexity index is 528. The second-order valence-corrected chi connectivity index (χ2v) is 5.96. The second-order valence-electron chi connectivity index (χ2n) is 5.18. The fourth-order valence-corrected chi connectivity index (χ4v) is 3.12. The van der Waals surface area contributed by atoms with E-state index in [-0.39, 0.29) is 6.04 Å². The molecule has 2 heterocycles. The molecule has 0 saturated heterocycles. The van der Waals surface area contributed by atoms with Gasteiger partial charge in [-0.3, -0.25) is 4.68 Å². The Morgan fingerprint density at radius 1 is 1.53 bits per heavy atom. The van der Waals surface area contributed by atoms with Gasteiger partial charge in [-0.25, -0.2) is 0 Å². The van der Waals surface area contributed by atoms with E-state index < -0.39 is 0 Å². The van der Waals surface area contributed by atoms with Crippen molar-refractivity contribution in [2.75, 3.05) is 11.9 Å². The van der Waals surface area contributed by atoms with Crippen LogP contribution in [-0.2, 0) is 20.0 Å². The first kappa shape index (κ1) is 14.1. The van der Waals surface area contributed by atoms with Crippen molar-refractivity contribution in [2.45, 2.75) is 32.9 Å². The molecular weight excluding hydrogens is 256 g/mol. The van der Waals surface area contributed by atoms with E-state index in [1.54, 1.807) is 11.3 Å². The molecule has 1 atom stereocenters. The van der Waals surface area contributed by atoms with E-state index in [9.17, 15) is 0 Å². The van der Waals surface area contributed by atoms with Gasteiger partial charge in [0.05, 0.1) is 5.69 Å². The molecule has 0 aliphatic carbocycles. The molecule has 0 saturated carbocycles. The van der Waals surface area contributed by atoms with Gasteiger partial charge in [0.1, 0.15) is 5.82 Å². The summed E-state index contributed by atoms with van der Waals surface area (Å²) in [6, 6.07) is 2.31. The minimum Gasteiger partial charge on any atom is -0.355 e. The van der Waals surface area contributed by atoms with E-state index in [0.29, 0.717) is 0 Å². The van der Waals surface area contributed by atoms with Crippen molar-refractivity contribution in [1.29, 1.82) is 0 Å². The quantitative estimate of drug-likeness (QED) is 0.913. The van der Waals surface area contributed by atoms with Crippen molar-refractivity contribution in [1.82, 2.24) is 9.78 Å². The maximum absolute atomic E-state index is 5.95. The van der Waals surface area contributed by atoms with Crippen LogP contribution in [0.3, 0.4) is 0 Å². The smallest absolute Gasteiger partial charge is 0.130 e. The maximum atomic E-state index is 5.95. The van der Waals surface area contributed by atoms with Gasteiger partial charge in [-0.15, -0.1) is 0 Å². The first-order valence-corrected chi connectivity index (χ1v) is 7.43. The number of nitrogens with two attached hydrogens (primary N) is 1. The summed E-state index contributed by atoms with van der Waals surface area (Å²) < 4.78 is 1.96. The van der Waals surface area contributed by atoms with Gasteiger partial charge in [-0.05, 0) is 42.7 Å². The van der Waals surface area contributed by atoms with Crippen LogP contribution >= 0.6 is 11.3 Å². The molecule has 104 valence electrons. The van der Waals surface area contributed by atoms with Gasteiger partial charge in [0, 0.05) is 32.2 Å². The first-order valence-electron chi connectivity index (χ1n) is 6.49. The number of nitrogens with zero attached hydrogens (tertiary/aromatic N) is 3. The van der Waals surface area contributed by atoms with Gasteiger partial charge in [0.2, 0.25) is 0 Å². The normalized spacial score (nSPS) is 12.7. The van der Waals surface area contributed by atoms with E-state index in [4.69, 9.17) is 5.73 Å². The van der Waals surface area contributed by atoms with Crippen molar-refractivity contribution in [3.8, 4) is 0 Å². The molecule has 2 rings (SSSR count). The zero-order valence-electron chi connectivity index (χ0n) is 12.1. The van der Waals surface area contributed by atoms with E-state index in [2.05, 4.69) is 40.8 Å². The highest BCUT2D eigenvalue weighted by molar-refractivity contribution is 7.07. The molecule has 2 N–H and O–H groups in total. The summed E-state index contributed by atoms with van der Waals surface area (Å²) in [6.07, 6.45) is 0.864. The SMILES string of the molecule is Cc1nn(C)c(N(C)Cc2ccsc2)c1CC(C)N. The highest BCUT2D eigenvalue weighted by Gasteiger charge is 2.18. The number of hydrogen-bond acceptors (Lipinski definition) is 4. The molecule has 0 aromatic carbocycles. The Labute approximate surface area is 118 Å². The zero-order chi connectivity index (χ0) is 14.0. The second kappa shape index (κ2) is 5.75. The van der Waals surface area contributed by atoms with Crippen molar-refractivity contribution < 1.29 is 0 Å². The van der Waals surface area contributed by atoms with Crippen LogP contribution in [0.1, 0.15) is 23.7 Å². The van der Waals surface area contributed by atoms with Crippen LogP contribution in [0.2, 0.25) is 0 Å². The molecule has 2 aromatic heterocycles. The Morgan fingerprint density at radius 2 is 2.26 bits per heavy atom. The third-order valence-corrected chi connectivity index (χ3v) is 3.93. The van der Waals surface area contributed by atoms with E-state index >= 15 is 0 Å². The van der Waals surface area contributed by atoms with Crippen LogP contribution in [0.15, 0.2) is 16.8 Å². The molecule has 0 bridgehead atoms. The number of anilines is 1. The highest BCUT2D eigenvalue weighted by atomic mass is 32.1. The average molecular weight is 278 g/mol. The molecule has 19 heavy (non-hydrogen) atoms. The van der Waals surface area contributed by atoms with Gasteiger partial charge in [0.25, 0.3) is 0 Å². The Morgan fingerprint density at radius 3 is 2.84 bits per heavy atom. The van der Waals surface area contributed by atoms with Crippen molar-refractivity contribution >= 4 is 17.2 Å². The van der Waals surface area contributed by atoms with E-state index in [0.717, 1.165) is 18.7 Å². The molecule has 0 amide bonds. The maximum Gasteiger partial charge on any atom is 0.130 e. The third kappa shape index (κ3) is 3.16. The van der Waals surface area contributed by atoms with Crippen LogP contribution in [0.5, 0.6) is 0 Å². The van der Waals surface area contributed by atoms with Crippen molar-refractivity contribution in [3.05, 3.63) is 33.6 Å². The minimum atomic E-state index is 0.149. The molecule has 2 aromatic rings. The van der Waals surface area contributed by atoms with E-state index in [1.807, 2.05) is 18.7 Å². The summed E-state index contributed by atoms with van der Waals surface area (Å²) in [5.74, 6) is 1.17. The Hall–Kier alpha value is -1.33. The largest absolute Gasteiger partial charge is 0.355 e. The number of hydrogen-bond donors (Lipinski definition) is 1. The average Bonchev–Trinajstić information content (AvgIpc) is 2.88. The number of rotatable bonds is 5. The van der Waals surface area contributed by atoms with Crippen LogP contribution in [0.25, 0.3) is 0 Å². The fourth-order valence-electron chi connectivity index (χ4n) is 2.46. The first-order chi connectivity index (χ1) is 8.99. The molecule has 0 aliphatic rings.